The summed E-state index contributed by atoms with van der Waals surface area (Å²) in [6.45, 7) is 4.22. The summed E-state index contributed by atoms with van der Waals surface area (Å²) in [5.74, 6) is -0.377. The smallest absolute Gasteiger partial charge is 0.128 e. The molecular formula is C12H22O5. The van der Waals surface area contributed by atoms with Crippen LogP contribution in [0.2, 0.25) is 0 Å². The normalized spacial score (nSPS) is 36.8. The lowest BCUT2D eigenvalue weighted by Gasteiger charge is -2.48. The average molecular weight is 246 g/mol. The first-order valence-electron chi connectivity index (χ1n) is 5.69. The van der Waals surface area contributed by atoms with Crippen LogP contribution in [0.25, 0.3) is 0 Å². The molecule has 5 heteroatoms. The highest BCUT2D eigenvalue weighted by Gasteiger charge is 2.50. The van der Waals surface area contributed by atoms with Crippen LogP contribution in [0.15, 0.2) is 0 Å². The van der Waals surface area contributed by atoms with Crippen molar-refractivity contribution < 1.29 is 23.7 Å². The highest BCUT2D eigenvalue weighted by atomic mass is 16.6. The minimum atomic E-state index is -0.516. The molecule has 0 amide bonds. The molecule has 1 rings (SSSR count). The van der Waals surface area contributed by atoms with Crippen LogP contribution < -0.4 is 0 Å². The fourth-order valence-electron chi connectivity index (χ4n) is 2.52. The van der Waals surface area contributed by atoms with Gasteiger partial charge in [-0.25, -0.2) is 0 Å². The van der Waals surface area contributed by atoms with Crippen LogP contribution in [0, 0.1) is 5.92 Å². The second-order valence-corrected chi connectivity index (χ2v) is 4.79. The summed E-state index contributed by atoms with van der Waals surface area (Å²) >= 11 is 0. The van der Waals surface area contributed by atoms with Crippen molar-refractivity contribution in [3.05, 3.63) is 0 Å². The van der Waals surface area contributed by atoms with Crippen molar-refractivity contribution in [2.45, 2.75) is 37.8 Å². The van der Waals surface area contributed by atoms with Gasteiger partial charge in [0.15, 0.2) is 0 Å². The summed E-state index contributed by atoms with van der Waals surface area (Å²) in [4.78, 5) is 11.2. The number of ether oxygens (including phenoxy) is 4. The Kier molecular flexibility index (Phi) is 5.06. The van der Waals surface area contributed by atoms with E-state index in [4.69, 9.17) is 18.9 Å². The van der Waals surface area contributed by atoms with E-state index >= 15 is 0 Å². The van der Waals surface area contributed by atoms with Crippen LogP contribution in [0.4, 0.5) is 0 Å². The number of hydrogen-bond donors (Lipinski definition) is 0. The van der Waals surface area contributed by atoms with Gasteiger partial charge in [0, 0.05) is 21.3 Å². The molecule has 0 aromatic carbocycles. The van der Waals surface area contributed by atoms with Gasteiger partial charge < -0.3 is 23.7 Å². The Bertz CT molecular complexity index is 253. The summed E-state index contributed by atoms with van der Waals surface area (Å²) < 4.78 is 21.8. The van der Waals surface area contributed by atoms with Crippen molar-refractivity contribution in [3.8, 4) is 0 Å². The SMILES string of the molecule is COCC1OC(C)(C)C(OC)C(OC)[C@H]1C=O. The van der Waals surface area contributed by atoms with Gasteiger partial charge in [0.05, 0.1) is 30.3 Å². The van der Waals surface area contributed by atoms with Crippen LogP contribution in [0.5, 0.6) is 0 Å². The first kappa shape index (κ1) is 14.6. The lowest BCUT2D eigenvalue weighted by molar-refractivity contribution is -0.252. The van der Waals surface area contributed by atoms with Crippen molar-refractivity contribution in [1.29, 1.82) is 0 Å². The number of aldehydes is 1. The van der Waals surface area contributed by atoms with E-state index in [1.807, 2.05) is 13.8 Å². The van der Waals surface area contributed by atoms with E-state index in [2.05, 4.69) is 0 Å². The minimum absolute atomic E-state index is 0.282. The zero-order valence-electron chi connectivity index (χ0n) is 11.1. The molecule has 1 fully saturated rings. The average Bonchev–Trinajstić information content (AvgIpc) is 2.27. The number of rotatable bonds is 5. The summed E-state index contributed by atoms with van der Waals surface area (Å²) in [6, 6.07) is 0. The summed E-state index contributed by atoms with van der Waals surface area (Å²) in [5, 5.41) is 0. The molecule has 5 nitrogen and oxygen atoms in total. The molecular weight excluding hydrogens is 224 g/mol. The Labute approximate surface area is 102 Å². The molecule has 0 bridgehead atoms. The number of carbonyl (C=O) groups excluding carboxylic acids is 1. The molecule has 17 heavy (non-hydrogen) atoms. The maximum Gasteiger partial charge on any atom is 0.128 e. The maximum absolute atomic E-state index is 11.2. The van der Waals surface area contributed by atoms with E-state index < -0.39 is 5.60 Å². The molecule has 100 valence electrons. The van der Waals surface area contributed by atoms with E-state index in [9.17, 15) is 4.79 Å². The van der Waals surface area contributed by atoms with Gasteiger partial charge in [0.2, 0.25) is 0 Å². The van der Waals surface area contributed by atoms with Gasteiger partial charge in [-0.05, 0) is 13.8 Å². The van der Waals surface area contributed by atoms with E-state index in [1.165, 1.54) is 0 Å². The fourth-order valence-corrected chi connectivity index (χ4v) is 2.52. The van der Waals surface area contributed by atoms with Gasteiger partial charge in [-0.15, -0.1) is 0 Å². The van der Waals surface area contributed by atoms with Gasteiger partial charge in [0.25, 0.3) is 0 Å². The molecule has 0 aromatic rings. The summed E-state index contributed by atoms with van der Waals surface area (Å²) in [5.41, 5.74) is -0.516. The van der Waals surface area contributed by atoms with Crippen molar-refractivity contribution >= 4 is 6.29 Å². The molecule has 0 spiro atoms. The van der Waals surface area contributed by atoms with Gasteiger partial charge in [-0.3, -0.25) is 0 Å². The Morgan fingerprint density at radius 3 is 2.29 bits per heavy atom. The summed E-state index contributed by atoms with van der Waals surface area (Å²) in [7, 11) is 4.77. The highest BCUT2D eigenvalue weighted by Crippen LogP contribution is 2.35. The Morgan fingerprint density at radius 1 is 1.24 bits per heavy atom. The molecule has 0 aromatic heterocycles. The van der Waals surface area contributed by atoms with Gasteiger partial charge in [-0.2, -0.15) is 0 Å². The fraction of sp³-hybridized carbons (Fsp3) is 0.917. The predicted octanol–water partition coefficient (Wildman–Crippen LogP) is 0.655. The molecule has 1 aliphatic rings. The third kappa shape index (κ3) is 2.85. The van der Waals surface area contributed by atoms with E-state index in [0.717, 1.165) is 6.29 Å². The molecule has 0 aliphatic carbocycles. The third-order valence-corrected chi connectivity index (χ3v) is 3.26. The van der Waals surface area contributed by atoms with Crippen LogP contribution in [0.3, 0.4) is 0 Å². The second-order valence-electron chi connectivity index (χ2n) is 4.79. The molecule has 0 N–H and O–H groups in total. The highest BCUT2D eigenvalue weighted by molar-refractivity contribution is 5.56. The van der Waals surface area contributed by atoms with Crippen LogP contribution in [-0.4, -0.2) is 58.1 Å². The van der Waals surface area contributed by atoms with Crippen LogP contribution in [-0.2, 0) is 23.7 Å². The molecule has 1 aliphatic heterocycles. The van der Waals surface area contributed by atoms with E-state index in [-0.39, 0.29) is 24.2 Å². The molecule has 1 heterocycles. The Hall–Kier alpha value is -0.490. The van der Waals surface area contributed by atoms with Crippen molar-refractivity contribution in [2.75, 3.05) is 27.9 Å². The van der Waals surface area contributed by atoms with Crippen molar-refractivity contribution in [3.63, 3.8) is 0 Å². The first-order chi connectivity index (χ1) is 8.01. The molecule has 3 unspecified atom stereocenters. The van der Waals surface area contributed by atoms with E-state index in [0.29, 0.717) is 6.61 Å². The van der Waals surface area contributed by atoms with Crippen molar-refractivity contribution in [1.82, 2.24) is 0 Å². The number of methoxy groups -OCH3 is 3. The monoisotopic (exact) mass is 246 g/mol. The first-order valence-corrected chi connectivity index (χ1v) is 5.69. The van der Waals surface area contributed by atoms with Crippen LogP contribution in [0.1, 0.15) is 13.8 Å². The van der Waals surface area contributed by atoms with Crippen molar-refractivity contribution in [2.24, 2.45) is 5.92 Å². The van der Waals surface area contributed by atoms with Gasteiger partial charge in [-0.1, -0.05) is 0 Å². The van der Waals surface area contributed by atoms with Crippen LogP contribution >= 0.6 is 0 Å². The molecule has 0 radical (unpaired) electrons. The molecule has 1 saturated heterocycles. The second kappa shape index (κ2) is 5.91. The maximum atomic E-state index is 11.2. The zero-order chi connectivity index (χ0) is 13.1. The van der Waals surface area contributed by atoms with Gasteiger partial charge in [0.1, 0.15) is 12.4 Å². The number of carbonyl (C=O) groups is 1. The summed E-state index contributed by atoms with van der Waals surface area (Å²) in [6.07, 6.45) is -0.0416. The number of hydrogen-bond acceptors (Lipinski definition) is 5. The standard InChI is InChI=1S/C12H22O5/c1-12(2)11(16-5)10(15-4)8(6-13)9(17-12)7-14-3/h6,8-11H,7H2,1-5H3/t8-,9?,10?,11?/m0/s1. The van der Waals surface area contributed by atoms with E-state index in [1.54, 1.807) is 21.3 Å². The largest absolute Gasteiger partial charge is 0.382 e. The molecule has 4 atom stereocenters. The minimum Gasteiger partial charge on any atom is -0.382 e. The lowest BCUT2D eigenvalue weighted by Crippen LogP contribution is -2.62. The predicted molar refractivity (Wildman–Crippen MR) is 62.0 cm³/mol. The topological polar surface area (TPSA) is 54.0 Å². The lowest BCUT2D eigenvalue weighted by atomic mass is 9.82. The quantitative estimate of drug-likeness (QED) is 0.667. The molecule has 0 saturated carbocycles. The Morgan fingerprint density at radius 2 is 1.88 bits per heavy atom. The van der Waals surface area contributed by atoms with Gasteiger partial charge >= 0.3 is 0 Å². The third-order valence-electron chi connectivity index (χ3n) is 3.26. The zero-order valence-corrected chi connectivity index (χ0v) is 11.1. The Balaban J connectivity index is 2.97.